The van der Waals surface area contributed by atoms with E-state index >= 15 is 0 Å². The number of carboxylic acid groups (broad SMARTS) is 1. The van der Waals surface area contributed by atoms with Crippen molar-refractivity contribution in [2.45, 2.75) is 13.0 Å². The lowest BCUT2D eigenvalue weighted by Gasteiger charge is -2.15. The van der Waals surface area contributed by atoms with Crippen LogP contribution in [0, 0.1) is 0 Å². The molecule has 1 aromatic heterocycles. The number of aromatic nitrogens is 1. The van der Waals surface area contributed by atoms with E-state index in [0.717, 1.165) is 17.5 Å². The fourth-order valence-corrected chi connectivity index (χ4v) is 1.66. The van der Waals surface area contributed by atoms with Crippen LogP contribution in [0.4, 0.5) is 5.82 Å². The summed E-state index contributed by atoms with van der Waals surface area (Å²) < 4.78 is 0. The van der Waals surface area contributed by atoms with Gasteiger partial charge in [-0.05, 0) is 17.7 Å². The molecule has 0 spiro atoms. The van der Waals surface area contributed by atoms with Crippen LogP contribution in [0.25, 0.3) is 6.08 Å². The SMILES string of the molecule is O=C(O)C=Cc1cnc2c(c1)CNC(=O)CCN2. The van der Waals surface area contributed by atoms with Gasteiger partial charge in [0.05, 0.1) is 0 Å². The van der Waals surface area contributed by atoms with E-state index in [1.165, 1.54) is 6.08 Å². The Morgan fingerprint density at radius 3 is 3.06 bits per heavy atom. The van der Waals surface area contributed by atoms with Gasteiger partial charge >= 0.3 is 5.97 Å². The Hall–Kier alpha value is -2.37. The third kappa shape index (κ3) is 3.07. The van der Waals surface area contributed by atoms with Crippen molar-refractivity contribution in [2.75, 3.05) is 11.9 Å². The number of carboxylic acids is 1. The van der Waals surface area contributed by atoms with Gasteiger partial charge in [0.2, 0.25) is 5.91 Å². The highest BCUT2D eigenvalue weighted by molar-refractivity contribution is 5.85. The van der Waals surface area contributed by atoms with Crippen LogP contribution in [0.2, 0.25) is 0 Å². The van der Waals surface area contributed by atoms with Crippen molar-refractivity contribution in [1.29, 1.82) is 0 Å². The summed E-state index contributed by atoms with van der Waals surface area (Å²) in [4.78, 5) is 25.9. The summed E-state index contributed by atoms with van der Waals surface area (Å²) in [6.07, 6.45) is 4.53. The molecule has 1 aromatic rings. The number of nitrogens with zero attached hydrogens (tertiary/aromatic N) is 1. The third-order valence-electron chi connectivity index (χ3n) is 2.53. The number of anilines is 1. The molecule has 0 aromatic carbocycles. The first-order chi connectivity index (χ1) is 8.65. The van der Waals surface area contributed by atoms with Gasteiger partial charge in [-0.2, -0.15) is 0 Å². The van der Waals surface area contributed by atoms with Gasteiger partial charge in [-0.3, -0.25) is 4.79 Å². The molecule has 0 fully saturated rings. The van der Waals surface area contributed by atoms with E-state index in [0.29, 0.717) is 25.1 Å². The smallest absolute Gasteiger partial charge is 0.328 e. The number of fused-ring (bicyclic) bond motifs is 1. The normalized spacial score (nSPS) is 15.2. The maximum atomic E-state index is 11.3. The maximum absolute atomic E-state index is 11.3. The zero-order chi connectivity index (χ0) is 13.0. The topological polar surface area (TPSA) is 91.3 Å². The molecule has 0 aliphatic carbocycles. The van der Waals surface area contributed by atoms with Crippen LogP contribution in [0.5, 0.6) is 0 Å². The van der Waals surface area contributed by atoms with E-state index in [2.05, 4.69) is 15.6 Å². The quantitative estimate of drug-likeness (QED) is 0.666. The second kappa shape index (κ2) is 5.31. The molecule has 2 heterocycles. The molecule has 0 atom stereocenters. The minimum atomic E-state index is -1.01. The zero-order valence-corrected chi connectivity index (χ0v) is 9.64. The molecule has 0 radical (unpaired) electrons. The second-order valence-corrected chi connectivity index (χ2v) is 3.90. The summed E-state index contributed by atoms with van der Waals surface area (Å²) >= 11 is 0. The molecule has 0 saturated heterocycles. The lowest BCUT2D eigenvalue weighted by molar-refractivity contribution is -0.131. The number of carbonyl (C=O) groups excluding carboxylic acids is 1. The highest BCUT2D eigenvalue weighted by Crippen LogP contribution is 2.16. The number of nitrogens with one attached hydrogen (secondary N) is 2. The number of amides is 1. The number of aliphatic carboxylic acids is 1. The Kier molecular flexibility index (Phi) is 3.57. The molecule has 1 aliphatic rings. The number of rotatable bonds is 2. The van der Waals surface area contributed by atoms with Crippen molar-refractivity contribution in [2.24, 2.45) is 0 Å². The van der Waals surface area contributed by atoms with Gasteiger partial charge < -0.3 is 15.7 Å². The van der Waals surface area contributed by atoms with E-state index in [-0.39, 0.29) is 5.91 Å². The number of hydrogen-bond donors (Lipinski definition) is 3. The van der Waals surface area contributed by atoms with Crippen molar-refractivity contribution >= 4 is 23.8 Å². The van der Waals surface area contributed by atoms with Crippen LogP contribution in [0.15, 0.2) is 18.3 Å². The van der Waals surface area contributed by atoms with Gasteiger partial charge in [-0.25, -0.2) is 9.78 Å². The van der Waals surface area contributed by atoms with Crippen LogP contribution in [-0.2, 0) is 16.1 Å². The van der Waals surface area contributed by atoms with Crippen molar-refractivity contribution in [3.63, 3.8) is 0 Å². The molecule has 0 unspecified atom stereocenters. The first-order valence-corrected chi connectivity index (χ1v) is 5.55. The zero-order valence-electron chi connectivity index (χ0n) is 9.64. The molecule has 18 heavy (non-hydrogen) atoms. The van der Waals surface area contributed by atoms with Crippen LogP contribution in [-0.4, -0.2) is 28.5 Å². The maximum Gasteiger partial charge on any atom is 0.328 e. The number of pyridine rings is 1. The van der Waals surface area contributed by atoms with Gasteiger partial charge in [0.15, 0.2) is 0 Å². The third-order valence-corrected chi connectivity index (χ3v) is 2.53. The molecule has 6 heteroatoms. The number of carbonyl (C=O) groups is 2. The highest BCUT2D eigenvalue weighted by Gasteiger charge is 2.11. The Labute approximate surface area is 104 Å². The molecular formula is C12H13N3O3. The molecule has 6 nitrogen and oxygen atoms in total. The van der Waals surface area contributed by atoms with E-state index in [1.807, 2.05) is 0 Å². The summed E-state index contributed by atoms with van der Waals surface area (Å²) in [5.41, 5.74) is 1.53. The average Bonchev–Trinajstić information content (AvgIpc) is 2.33. The van der Waals surface area contributed by atoms with E-state index in [4.69, 9.17) is 5.11 Å². The highest BCUT2D eigenvalue weighted by atomic mass is 16.4. The van der Waals surface area contributed by atoms with E-state index in [1.54, 1.807) is 12.3 Å². The summed E-state index contributed by atoms with van der Waals surface area (Å²) in [5.74, 6) is -0.296. The predicted molar refractivity (Wildman–Crippen MR) is 65.9 cm³/mol. The van der Waals surface area contributed by atoms with Crippen molar-refractivity contribution in [1.82, 2.24) is 10.3 Å². The summed E-state index contributed by atoms with van der Waals surface area (Å²) in [5, 5.41) is 14.4. The molecule has 3 N–H and O–H groups in total. The fraction of sp³-hybridized carbons (Fsp3) is 0.250. The van der Waals surface area contributed by atoms with E-state index in [9.17, 15) is 9.59 Å². The predicted octanol–water partition coefficient (Wildman–Crippen LogP) is 0.611. The Balaban J connectivity index is 2.23. The summed E-state index contributed by atoms with van der Waals surface area (Å²) in [7, 11) is 0. The Morgan fingerprint density at radius 1 is 1.44 bits per heavy atom. The molecule has 0 bridgehead atoms. The minimum absolute atomic E-state index is 0.0142. The van der Waals surface area contributed by atoms with Crippen LogP contribution in [0.1, 0.15) is 17.5 Å². The Morgan fingerprint density at radius 2 is 2.28 bits per heavy atom. The van der Waals surface area contributed by atoms with Crippen LogP contribution in [0.3, 0.4) is 0 Å². The van der Waals surface area contributed by atoms with Gasteiger partial charge in [-0.1, -0.05) is 0 Å². The molecule has 1 aliphatic heterocycles. The summed E-state index contributed by atoms with van der Waals surface area (Å²) in [6, 6.07) is 1.81. The molecular weight excluding hydrogens is 234 g/mol. The van der Waals surface area contributed by atoms with Crippen LogP contribution >= 0.6 is 0 Å². The average molecular weight is 247 g/mol. The van der Waals surface area contributed by atoms with Crippen molar-refractivity contribution in [3.05, 3.63) is 29.5 Å². The van der Waals surface area contributed by atoms with Crippen LogP contribution < -0.4 is 10.6 Å². The lowest BCUT2D eigenvalue weighted by atomic mass is 10.1. The largest absolute Gasteiger partial charge is 0.478 e. The Bertz CT molecular complexity index is 511. The first-order valence-electron chi connectivity index (χ1n) is 5.55. The molecule has 1 amide bonds. The van der Waals surface area contributed by atoms with Crippen molar-refractivity contribution in [3.8, 4) is 0 Å². The number of hydrogen-bond acceptors (Lipinski definition) is 4. The van der Waals surface area contributed by atoms with Crippen molar-refractivity contribution < 1.29 is 14.7 Å². The monoisotopic (exact) mass is 247 g/mol. The van der Waals surface area contributed by atoms with Gasteiger partial charge in [-0.15, -0.1) is 0 Å². The van der Waals surface area contributed by atoms with Gasteiger partial charge in [0, 0.05) is 37.3 Å². The standard InChI is InChI=1S/C12H13N3O3/c16-10-3-4-13-12-9(7-14-10)5-8(6-15-12)1-2-11(17)18/h1-2,5-6H,3-4,7H2,(H,13,15)(H,14,16)(H,17,18). The fourth-order valence-electron chi connectivity index (χ4n) is 1.66. The first kappa shape index (κ1) is 12.1. The van der Waals surface area contributed by atoms with E-state index < -0.39 is 5.97 Å². The second-order valence-electron chi connectivity index (χ2n) is 3.90. The van der Waals surface area contributed by atoms with Gasteiger partial charge in [0.25, 0.3) is 0 Å². The molecule has 94 valence electrons. The summed E-state index contributed by atoms with van der Waals surface area (Å²) in [6.45, 7) is 0.930. The molecule has 0 saturated carbocycles. The molecule has 2 rings (SSSR count). The van der Waals surface area contributed by atoms with Gasteiger partial charge in [0.1, 0.15) is 5.82 Å². The minimum Gasteiger partial charge on any atom is -0.478 e. The lowest BCUT2D eigenvalue weighted by Crippen LogP contribution is -2.28.